The van der Waals surface area contributed by atoms with Gasteiger partial charge in [-0.25, -0.2) is 0 Å². The molecule has 0 saturated heterocycles. The van der Waals surface area contributed by atoms with E-state index in [4.69, 9.17) is 23.2 Å². The monoisotopic (exact) mass is 320 g/mol. The number of phenols is 2. The van der Waals surface area contributed by atoms with Crippen LogP contribution in [0.3, 0.4) is 0 Å². The molecule has 2 aromatic rings. The predicted molar refractivity (Wildman–Crippen MR) is 83.7 cm³/mol. The van der Waals surface area contributed by atoms with E-state index in [1.807, 2.05) is 0 Å². The Kier molecular flexibility index (Phi) is 2.73. The van der Waals surface area contributed by atoms with Crippen molar-refractivity contribution in [2.24, 2.45) is 0 Å². The van der Waals surface area contributed by atoms with Crippen molar-refractivity contribution in [2.45, 2.75) is 31.1 Å². The highest BCUT2D eigenvalue weighted by Gasteiger charge is 2.49. The van der Waals surface area contributed by atoms with Crippen LogP contribution in [0.4, 0.5) is 0 Å². The maximum atomic E-state index is 10.4. The standard InChI is InChI=1S/C17H14Cl2O2/c18-11-1-3-13(20)15-9(11)5-7-17(15)8-6-10-12(19)2-4-14(21)16(10)17/h1-4,20-21H,5-8H2. The molecule has 0 bridgehead atoms. The van der Waals surface area contributed by atoms with Gasteiger partial charge >= 0.3 is 0 Å². The first-order valence-corrected chi connectivity index (χ1v) is 7.82. The molecule has 2 aliphatic rings. The number of hydrogen-bond acceptors (Lipinski definition) is 2. The zero-order chi connectivity index (χ0) is 14.8. The largest absolute Gasteiger partial charge is 0.508 e. The molecule has 0 amide bonds. The molecule has 108 valence electrons. The predicted octanol–water partition coefficient (Wildman–Crippen LogP) is 4.58. The minimum atomic E-state index is -0.353. The maximum absolute atomic E-state index is 10.4. The van der Waals surface area contributed by atoms with Crippen LogP contribution in [0.2, 0.25) is 10.0 Å². The summed E-state index contributed by atoms with van der Waals surface area (Å²) in [5.41, 5.74) is 3.42. The van der Waals surface area contributed by atoms with Crippen molar-refractivity contribution in [1.29, 1.82) is 0 Å². The number of phenolic OH excluding ortho intramolecular Hbond substituents is 2. The second-order valence-electron chi connectivity index (χ2n) is 5.92. The van der Waals surface area contributed by atoms with Crippen LogP contribution in [-0.4, -0.2) is 10.2 Å². The van der Waals surface area contributed by atoms with E-state index in [0.29, 0.717) is 10.0 Å². The molecule has 0 unspecified atom stereocenters. The SMILES string of the molecule is Oc1ccc(Cl)c2c1C1(CC2)CCc2c(Cl)ccc(O)c21. The number of benzene rings is 2. The molecule has 2 aromatic carbocycles. The van der Waals surface area contributed by atoms with Crippen LogP contribution in [-0.2, 0) is 18.3 Å². The Morgan fingerprint density at radius 2 is 1.19 bits per heavy atom. The van der Waals surface area contributed by atoms with E-state index in [2.05, 4.69) is 0 Å². The van der Waals surface area contributed by atoms with E-state index in [1.165, 1.54) is 0 Å². The minimum absolute atomic E-state index is 0.263. The van der Waals surface area contributed by atoms with Gasteiger partial charge in [-0.2, -0.15) is 0 Å². The van der Waals surface area contributed by atoms with E-state index in [1.54, 1.807) is 24.3 Å². The summed E-state index contributed by atoms with van der Waals surface area (Å²) in [5.74, 6) is 0.526. The van der Waals surface area contributed by atoms with Gasteiger partial charge in [0, 0.05) is 26.6 Å². The van der Waals surface area contributed by atoms with Crippen LogP contribution < -0.4 is 0 Å². The highest BCUT2D eigenvalue weighted by Crippen LogP contribution is 2.59. The van der Waals surface area contributed by atoms with E-state index in [-0.39, 0.29) is 16.9 Å². The molecule has 0 aromatic heterocycles. The Hall–Kier alpha value is -1.38. The van der Waals surface area contributed by atoms with Crippen molar-refractivity contribution in [3.05, 3.63) is 56.6 Å². The highest BCUT2D eigenvalue weighted by molar-refractivity contribution is 6.32. The first kappa shape index (κ1) is 13.3. The van der Waals surface area contributed by atoms with Crippen LogP contribution in [0.15, 0.2) is 24.3 Å². The first-order chi connectivity index (χ1) is 10.0. The molecule has 1 spiro atoms. The molecule has 0 fully saturated rings. The third kappa shape index (κ3) is 1.60. The van der Waals surface area contributed by atoms with Gasteiger partial charge < -0.3 is 10.2 Å². The van der Waals surface area contributed by atoms with Gasteiger partial charge in [0.25, 0.3) is 0 Å². The molecule has 0 radical (unpaired) electrons. The van der Waals surface area contributed by atoms with Crippen molar-refractivity contribution in [3.8, 4) is 11.5 Å². The Morgan fingerprint density at radius 3 is 1.62 bits per heavy atom. The molecule has 0 aliphatic heterocycles. The Morgan fingerprint density at radius 1 is 0.762 bits per heavy atom. The van der Waals surface area contributed by atoms with Crippen LogP contribution in [0.5, 0.6) is 11.5 Å². The average Bonchev–Trinajstić information content (AvgIpc) is 3.04. The van der Waals surface area contributed by atoms with Gasteiger partial charge in [0.1, 0.15) is 11.5 Å². The summed E-state index contributed by atoms with van der Waals surface area (Å²) in [6, 6.07) is 6.77. The smallest absolute Gasteiger partial charge is 0.120 e. The molecule has 21 heavy (non-hydrogen) atoms. The molecule has 4 heteroatoms. The lowest BCUT2D eigenvalue weighted by molar-refractivity contribution is 0.416. The molecule has 0 heterocycles. The third-order valence-electron chi connectivity index (χ3n) is 5.03. The molecule has 2 aliphatic carbocycles. The third-order valence-corrected chi connectivity index (χ3v) is 5.74. The first-order valence-electron chi connectivity index (χ1n) is 7.06. The van der Waals surface area contributed by atoms with Gasteiger partial charge in [0.2, 0.25) is 0 Å². The molecule has 0 saturated carbocycles. The summed E-state index contributed by atoms with van der Waals surface area (Å²) in [6.45, 7) is 0. The number of hydrogen-bond donors (Lipinski definition) is 2. The molecule has 2 nitrogen and oxygen atoms in total. The fourth-order valence-electron chi connectivity index (χ4n) is 4.20. The van der Waals surface area contributed by atoms with Gasteiger partial charge in [-0.1, -0.05) is 23.2 Å². The fourth-order valence-corrected chi connectivity index (χ4v) is 4.71. The van der Waals surface area contributed by atoms with Gasteiger partial charge in [-0.3, -0.25) is 0 Å². The van der Waals surface area contributed by atoms with Crippen molar-refractivity contribution in [3.63, 3.8) is 0 Å². The zero-order valence-corrected chi connectivity index (χ0v) is 12.8. The van der Waals surface area contributed by atoms with E-state index >= 15 is 0 Å². The average molecular weight is 321 g/mol. The molecule has 2 N–H and O–H groups in total. The van der Waals surface area contributed by atoms with E-state index in [9.17, 15) is 10.2 Å². The summed E-state index contributed by atoms with van der Waals surface area (Å²) in [4.78, 5) is 0. The van der Waals surface area contributed by atoms with Crippen LogP contribution in [0.1, 0.15) is 35.1 Å². The minimum Gasteiger partial charge on any atom is -0.508 e. The van der Waals surface area contributed by atoms with Crippen LogP contribution >= 0.6 is 23.2 Å². The summed E-state index contributed by atoms with van der Waals surface area (Å²) >= 11 is 12.6. The van der Waals surface area contributed by atoms with Crippen LogP contribution in [0, 0.1) is 0 Å². The van der Waals surface area contributed by atoms with E-state index < -0.39 is 0 Å². The molecular formula is C17H14Cl2O2. The number of rotatable bonds is 0. The van der Waals surface area contributed by atoms with Crippen molar-refractivity contribution in [1.82, 2.24) is 0 Å². The lowest BCUT2D eigenvalue weighted by atomic mass is 9.76. The Labute approximate surface area is 132 Å². The number of fused-ring (bicyclic) bond motifs is 4. The van der Waals surface area contributed by atoms with Gasteiger partial charge in [0.15, 0.2) is 0 Å². The number of aromatic hydroxyl groups is 2. The molecule has 4 rings (SSSR count). The molecule has 0 atom stereocenters. The Bertz CT molecular complexity index is 702. The summed E-state index contributed by atoms with van der Waals surface area (Å²) < 4.78 is 0. The number of halogens is 2. The second kappa shape index (κ2) is 4.31. The van der Waals surface area contributed by atoms with E-state index in [0.717, 1.165) is 47.9 Å². The topological polar surface area (TPSA) is 40.5 Å². The van der Waals surface area contributed by atoms with Gasteiger partial charge in [0.05, 0.1) is 0 Å². The summed E-state index contributed by atoms with van der Waals surface area (Å²) in [7, 11) is 0. The summed E-state index contributed by atoms with van der Waals surface area (Å²) in [5, 5.41) is 22.2. The maximum Gasteiger partial charge on any atom is 0.120 e. The lowest BCUT2D eigenvalue weighted by Crippen LogP contribution is -2.21. The van der Waals surface area contributed by atoms with Gasteiger partial charge in [-0.05, 0) is 61.1 Å². The normalized spacial score (nSPS) is 18.0. The highest BCUT2D eigenvalue weighted by atomic mass is 35.5. The fraction of sp³-hybridized carbons (Fsp3) is 0.294. The van der Waals surface area contributed by atoms with Gasteiger partial charge in [-0.15, -0.1) is 0 Å². The van der Waals surface area contributed by atoms with Crippen molar-refractivity contribution >= 4 is 23.2 Å². The van der Waals surface area contributed by atoms with Crippen molar-refractivity contribution in [2.75, 3.05) is 0 Å². The molecular weight excluding hydrogens is 307 g/mol. The zero-order valence-electron chi connectivity index (χ0n) is 11.3. The second-order valence-corrected chi connectivity index (χ2v) is 6.74. The van der Waals surface area contributed by atoms with Crippen LogP contribution in [0.25, 0.3) is 0 Å². The quantitative estimate of drug-likeness (QED) is 0.745. The lowest BCUT2D eigenvalue weighted by Gasteiger charge is -2.28. The Balaban J connectivity index is 2.05. The van der Waals surface area contributed by atoms with Crippen molar-refractivity contribution < 1.29 is 10.2 Å². The summed E-state index contributed by atoms with van der Waals surface area (Å²) in [6.07, 6.45) is 3.32.